The zero-order chi connectivity index (χ0) is 18.8. The van der Waals surface area contributed by atoms with E-state index < -0.39 is 29.0 Å². The van der Waals surface area contributed by atoms with E-state index in [1.807, 2.05) is 0 Å². The second-order valence-electron chi connectivity index (χ2n) is 5.75. The Morgan fingerprint density at radius 3 is 1.69 bits per heavy atom. The van der Waals surface area contributed by atoms with Gasteiger partial charge in [-0.15, -0.1) is 0 Å². The predicted molar refractivity (Wildman–Crippen MR) is 93.3 cm³/mol. The number of nitrogens with two attached hydrogens (primary N) is 1. The number of rotatable bonds is 1. The van der Waals surface area contributed by atoms with Crippen molar-refractivity contribution in [2.24, 2.45) is 0 Å². The summed E-state index contributed by atoms with van der Waals surface area (Å²) in [6.45, 7) is 1.35. The summed E-state index contributed by atoms with van der Waals surface area (Å²) in [7, 11) is 0. The lowest BCUT2D eigenvalue weighted by Crippen LogP contribution is -1.96. The minimum absolute atomic E-state index is 0.0529. The molecular formula is C21H13F4N. The largest absolute Gasteiger partial charge is 0.394 e. The van der Waals surface area contributed by atoms with Gasteiger partial charge in [-0.05, 0) is 54.4 Å². The molecule has 3 aromatic carbocycles. The first-order valence-corrected chi connectivity index (χ1v) is 7.68. The zero-order valence-electron chi connectivity index (χ0n) is 13.7. The van der Waals surface area contributed by atoms with Crippen LogP contribution in [0, 0.1) is 42.0 Å². The van der Waals surface area contributed by atoms with Crippen LogP contribution in [-0.4, -0.2) is 0 Å². The molecule has 0 aliphatic heterocycles. The summed E-state index contributed by atoms with van der Waals surface area (Å²) in [5, 5.41) is 0. The molecule has 3 aromatic rings. The normalized spacial score (nSPS) is 10.3. The molecular weight excluding hydrogens is 342 g/mol. The average Bonchev–Trinajstić information content (AvgIpc) is 2.62. The first-order valence-electron chi connectivity index (χ1n) is 7.68. The standard InChI is InChI=1S/C21H13F4N/c1-12-17(22)8-14(9-18(12)23)3-2-13-4-6-15(7-5-13)16-10-19(24)21(26)20(25)11-16/h4-11H,26H2,1H3. The zero-order valence-corrected chi connectivity index (χ0v) is 13.7. The van der Waals surface area contributed by atoms with E-state index in [-0.39, 0.29) is 11.1 Å². The van der Waals surface area contributed by atoms with Crippen molar-refractivity contribution in [2.75, 3.05) is 5.73 Å². The molecule has 0 radical (unpaired) electrons. The fourth-order valence-electron chi connectivity index (χ4n) is 2.36. The summed E-state index contributed by atoms with van der Waals surface area (Å²) in [6.07, 6.45) is 0. The summed E-state index contributed by atoms with van der Waals surface area (Å²) in [4.78, 5) is 0. The lowest BCUT2D eigenvalue weighted by molar-refractivity contribution is 0.567. The molecule has 2 N–H and O–H groups in total. The van der Waals surface area contributed by atoms with Crippen molar-refractivity contribution >= 4 is 5.69 Å². The summed E-state index contributed by atoms with van der Waals surface area (Å²) in [6, 6.07) is 11.2. The second-order valence-corrected chi connectivity index (χ2v) is 5.75. The van der Waals surface area contributed by atoms with Crippen LogP contribution >= 0.6 is 0 Å². The molecule has 0 saturated heterocycles. The number of hydrogen-bond acceptors (Lipinski definition) is 1. The Hall–Kier alpha value is -3.26. The van der Waals surface area contributed by atoms with Gasteiger partial charge in [-0.25, -0.2) is 17.6 Å². The summed E-state index contributed by atoms with van der Waals surface area (Å²) in [5.41, 5.74) is 6.42. The third-order valence-electron chi connectivity index (χ3n) is 3.93. The average molecular weight is 355 g/mol. The Kier molecular flexibility index (Phi) is 4.68. The van der Waals surface area contributed by atoms with Crippen LogP contribution in [-0.2, 0) is 0 Å². The van der Waals surface area contributed by atoms with E-state index in [0.717, 1.165) is 12.1 Å². The van der Waals surface area contributed by atoms with Crippen molar-refractivity contribution in [1.82, 2.24) is 0 Å². The second kappa shape index (κ2) is 6.93. The molecule has 0 fully saturated rings. The maximum absolute atomic E-state index is 13.6. The molecule has 0 aliphatic carbocycles. The van der Waals surface area contributed by atoms with Crippen LogP contribution in [0.25, 0.3) is 11.1 Å². The van der Waals surface area contributed by atoms with Crippen LogP contribution in [0.2, 0.25) is 0 Å². The van der Waals surface area contributed by atoms with Crippen LogP contribution in [0.1, 0.15) is 16.7 Å². The van der Waals surface area contributed by atoms with Gasteiger partial charge in [0, 0.05) is 16.7 Å². The Morgan fingerprint density at radius 2 is 1.15 bits per heavy atom. The van der Waals surface area contributed by atoms with Crippen molar-refractivity contribution in [3.8, 4) is 23.0 Å². The molecule has 0 aliphatic rings. The molecule has 3 rings (SSSR count). The molecule has 0 aromatic heterocycles. The van der Waals surface area contributed by atoms with E-state index in [2.05, 4.69) is 11.8 Å². The SMILES string of the molecule is Cc1c(F)cc(C#Cc2ccc(-c3cc(F)c(N)c(F)c3)cc2)cc1F. The Labute approximate surface area is 148 Å². The van der Waals surface area contributed by atoms with Crippen LogP contribution in [0.15, 0.2) is 48.5 Å². The smallest absolute Gasteiger partial charge is 0.149 e. The van der Waals surface area contributed by atoms with Gasteiger partial charge in [-0.2, -0.15) is 0 Å². The molecule has 0 spiro atoms. The number of halogens is 4. The van der Waals surface area contributed by atoms with Gasteiger partial charge < -0.3 is 5.73 Å². The highest BCUT2D eigenvalue weighted by atomic mass is 19.1. The summed E-state index contributed by atoms with van der Waals surface area (Å²) >= 11 is 0. The van der Waals surface area contributed by atoms with Gasteiger partial charge in [0.15, 0.2) is 0 Å². The van der Waals surface area contributed by atoms with E-state index in [0.29, 0.717) is 16.7 Å². The minimum atomic E-state index is -0.827. The quantitative estimate of drug-likeness (QED) is 0.362. The first kappa shape index (κ1) is 17.6. The van der Waals surface area contributed by atoms with Crippen molar-refractivity contribution in [3.63, 3.8) is 0 Å². The van der Waals surface area contributed by atoms with Crippen molar-refractivity contribution in [1.29, 1.82) is 0 Å². The fourth-order valence-corrected chi connectivity index (χ4v) is 2.36. The molecule has 0 heterocycles. The van der Waals surface area contributed by atoms with Gasteiger partial charge >= 0.3 is 0 Å². The molecule has 130 valence electrons. The molecule has 26 heavy (non-hydrogen) atoms. The van der Waals surface area contributed by atoms with E-state index in [1.165, 1.54) is 19.1 Å². The highest BCUT2D eigenvalue weighted by Crippen LogP contribution is 2.26. The van der Waals surface area contributed by atoms with Gasteiger partial charge in [-0.1, -0.05) is 24.0 Å². The first-order chi connectivity index (χ1) is 12.3. The molecule has 0 amide bonds. The van der Waals surface area contributed by atoms with Crippen LogP contribution in [0.4, 0.5) is 23.2 Å². The number of hydrogen-bond donors (Lipinski definition) is 1. The molecule has 5 heteroatoms. The number of nitrogen functional groups attached to an aromatic ring is 1. The Balaban J connectivity index is 1.88. The predicted octanol–water partition coefficient (Wildman–Crippen LogP) is 5.20. The van der Waals surface area contributed by atoms with Gasteiger partial charge in [0.1, 0.15) is 29.0 Å². The van der Waals surface area contributed by atoms with E-state index in [4.69, 9.17) is 5.73 Å². The van der Waals surface area contributed by atoms with E-state index in [9.17, 15) is 17.6 Å². The topological polar surface area (TPSA) is 26.0 Å². The van der Waals surface area contributed by atoms with Gasteiger partial charge in [0.2, 0.25) is 0 Å². The third kappa shape index (κ3) is 3.55. The maximum Gasteiger partial charge on any atom is 0.149 e. The van der Waals surface area contributed by atoms with Gasteiger partial charge in [0.05, 0.1) is 0 Å². The van der Waals surface area contributed by atoms with Crippen LogP contribution in [0.3, 0.4) is 0 Å². The third-order valence-corrected chi connectivity index (χ3v) is 3.93. The summed E-state index contributed by atoms with van der Waals surface area (Å²) in [5.74, 6) is 2.52. The van der Waals surface area contributed by atoms with Crippen molar-refractivity contribution < 1.29 is 17.6 Å². The highest BCUT2D eigenvalue weighted by molar-refractivity contribution is 5.67. The summed E-state index contributed by atoms with van der Waals surface area (Å²) < 4.78 is 54.2. The molecule has 1 nitrogen and oxygen atoms in total. The Morgan fingerprint density at radius 1 is 0.654 bits per heavy atom. The number of benzene rings is 3. The van der Waals surface area contributed by atoms with Gasteiger partial charge in [0.25, 0.3) is 0 Å². The highest BCUT2D eigenvalue weighted by Gasteiger charge is 2.09. The number of anilines is 1. The minimum Gasteiger partial charge on any atom is -0.394 e. The lowest BCUT2D eigenvalue weighted by atomic mass is 10.0. The monoisotopic (exact) mass is 355 g/mol. The van der Waals surface area contributed by atoms with Crippen LogP contribution < -0.4 is 5.73 Å². The molecule has 0 bridgehead atoms. The maximum atomic E-state index is 13.6. The van der Waals surface area contributed by atoms with Crippen molar-refractivity contribution in [2.45, 2.75) is 6.92 Å². The molecule has 0 unspecified atom stereocenters. The van der Waals surface area contributed by atoms with Gasteiger partial charge in [-0.3, -0.25) is 0 Å². The van der Waals surface area contributed by atoms with Crippen LogP contribution in [0.5, 0.6) is 0 Å². The lowest BCUT2D eigenvalue weighted by Gasteiger charge is -2.05. The van der Waals surface area contributed by atoms with E-state index in [1.54, 1.807) is 24.3 Å². The molecule has 0 saturated carbocycles. The van der Waals surface area contributed by atoms with E-state index >= 15 is 0 Å². The Bertz CT molecular complexity index is 998. The molecule has 0 atom stereocenters. The fraction of sp³-hybridized carbons (Fsp3) is 0.0476. The van der Waals surface area contributed by atoms with Crippen molar-refractivity contribution in [3.05, 3.63) is 88.5 Å².